The molecule has 0 unspecified atom stereocenters. The number of aryl methyl sites for hydroxylation is 2. The van der Waals surface area contributed by atoms with Gasteiger partial charge in [-0.25, -0.2) is 4.98 Å². The molecule has 4 nitrogen and oxygen atoms in total. The Morgan fingerprint density at radius 1 is 1.47 bits per heavy atom. The van der Waals surface area contributed by atoms with Gasteiger partial charge in [-0.1, -0.05) is 13.3 Å². The van der Waals surface area contributed by atoms with Crippen molar-refractivity contribution in [2.45, 2.75) is 39.8 Å². The second kappa shape index (κ2) is 5.82. The summed E-state index contributed by atoms with van der Waals surface area (Å²) in [5, 5.41) is 3.37. The molecule has 0 aliphatic heterocycles. The highest BCUT2D eigenvalue weighted by atomic mass is 32.1. The fraction of sp³-hybridized carbons (Fsp3) is 0.500. The van der Waals surface area contributed by atoms with Crippen molar-refractivity contribution in [2.75, 3.05) is 5.32 Å². The quantitative estimate of drug-likeness (QED) is 0.856. The monoisotopic (exact) mass is 250 g/mol. The van der Waals surface area contributed by atoms with Gasteiger partial charge in [-0.15, -0.1) is 11.3 Å². The zero-order valence-electron chi connectivity index (χ0n) is 10.3. The standard InChI is InChI=1S/C12H18N4S/c1-3-4-5-16-8-10(2)15-12(16)14-7-11-6-13-9-17-11/h6,8-9H,3-5,7H2,1-2H3,(H,14,15). The van der Waals surface area contributed by atoms with Gasteiger partial charge in [0, 0.05) is 23.8 Å². The molecule has 2 aromatic rings. The zero-order chi connectivity index (χ0) is 12.1. The van der Waals surface area contributed by atoms with E-state index >= 15 is 0 Å². The van der Waals surface area contributed by atoms with E-state index in [-0.39, 0.29) is 0 Å². The fourth-order valence-electron chi connectivity index (χ4n) is 1.68. The van der Waals surface area contributed by atoms with E-state index in [9.17, 15) is 0 Å². The highest BCUT2D eigenvalue weighted by Crippen LogP contribution is 2.13. The number of nitrogens with zero attached hydrogens (tertiary/aromatic N) is 3. The molecule has 0 saturated carbocycles. The molecule has 0 fully saturated rings. The van der Waals surface area contributed by atoms with Crippen LogP contribution in [0.5, 0.6) is 0 Å². The topological polar surface area (TPSA) is 42.7 Å². The van der Waals surface area contributed by atoms with Gasteiger partial charge >= 0.3 is 0 Å². The first-order valence-electron chi connectivity index (χ1n) is 5.94. The van der Waals surface area contributed by atoms with Gasteiger partial charge in [0.2, 0.25) is 5.95 Å². The van der Waals surface area contributed by atoms with Gasteiger partial charge in [0.15, 0.2) is 0 Å². The molecule has 0 saturated heterocycles. The van der Waals surface area contributed by atoms with Crippen molar-refractivity contribution in [1.29, 1.82) is 0 Å². The van der Waals surface area contributed by atoms with Crippen LogP contribution in [0.4, 0.5) is 5.95 Å². The SMILES string of the molecule is CCCCn1cc(C)nc1NCc1cncs1. The summed E-state index contributed by atoms with van der Waals surface area (Å²) in [6, 6.07) is 0. The van der Waals surface area contributed by atoms with Crippen molar-refractivity contribution in [3.05, 3.63) is 28.5 Å². The van der Waals surface area contributed by atoms with Crippen molar-refractivity contribution < 1.29 is 0 Å². The van der Waals surface area contributed by atoms with Crippen LogP contribution in [0.15, 0.2) is 17.9 Å². The molecular formula is C12H18N4S. The molecule has 0 spiro atoms. The molecule has 0 aliphatic carbocycles. The second-order valence-corrected chi connectivity index (χ2v) is 5.05. The van der Waals surface area contributed by atoms with E-state index in [0.717, 1.165) is 24.7 Å². The maximum absolute atomic E-state index is 4.50. The Morgan fingerprint density at radius 2 is 2.35 bits per heavy atom. The highest BCUT2D eigenvalue weighted by Gasteiger charge is 2.05. The Morgan fingerprint density at radius 3 is 3.06 bits per heavy atom. The molecule has 2 heterocycles. The van der Waals surface area contributed by atoms with Crippen LogP contribution in [0, 0.1) is 6.92 Å². The molecule has 2 aromatic heterocycles. The first-order valence-corrected chi connectivity index (χ1v) is 6.82. The molecule has 17 heavy (non-hydrogen) atoms. The van der Waals surface area contributed by atoms with Crippen LogP contribution in [0.25, 0.3) is 0 Å². The zero-order valence-corrected chi connectivity index (χ0v) is 11.1. The molecule has 92 valence electrons. The Labute approximate surface area is 106 Å². The molecule has 0 aromatic carbocycles. The van der Waals surface area contributed by atoms with Crippen LogP contribution in [0.2, 0.25) is 0 Å². The van der Waals surface area contributed by atoms with E-state index in [1.165, 1.54) is 17.7 Å². The smallest absolute Gasteiger partial charge is 0.203 e. The molecule has 0 amide bonds. The minimum absolute atomic E-state index is 0.799. The van der Waals surface area contributed by atoms with E-state index in [1.54, 1.807) is 11.3 Å². The summed E-state index contributed by atoms with van der Waals surface area (Å²) in [6.07, 6.45) is 6.38. The summed E-state index contributed by atoms with van der Waals surface area (Å²) >= 11 is 1.66. The lowest BCUT2D eigenvalue weighted by Crippen LogP contribution is -2.06. The first kappa shape index (κ1) is 12.1. The molecule has 0 aliphatic rings. The van der Waals surface area contributed by atoms with Crippen LogP contribution < -0.4 is 5.32 Å². The Balaban J connectivity index is 1.99. The van der Waals surface area contributed by atoms with Gasteiger partial charge in [0.25, 0.3) is 0 Å². The first-order chi connectivity index (χ1) is 8.29. The fourth-order valence-corrected chi connectivity index (χ4v) is 2.22. The maximum Gasteiger partial charge on any atom is 0.203 e. The molecule has 1 N–H and O–H groups in total. The lowest BCUT2D eigenvalue weighted by Gasteiger charge is -2.07. The van der Waals surface area contributed by atoms with Crippen LogP contribution in [0.1, 0.15) is 30.3 Å². The number of hydrogen-bond donors (Lipinski definition) is 1. The van der Waals surface area contributed by atoms with Crippen molar-refractivity contribution in [3.8, 4) is 0 Å². The number of thiazole rings is 1. The lowest BCUT2D eigenvalue weighted by atomic mass is 10.3. The van der Waals surface area contributed by atoms with Gasteiger partial charge in [-0.05, 0) is 13.3 Å². The average Bonchev–Trinajstić information content (AvgIpc) is 2.93. The summed E-state index contributed by atoms with van der Waals surface area (Å²) in [5.74, 6) is 0.962. The van der Waals surface area contributed by atoms with E-state index < -0.39 is 0 Å². The molecule has 5 heteroatoms. The minimum Gasteiger partial charge on any atom is -0.351 e. The number of unbranched alkanes of at least 4 members (excludes halogenated alkanes) is 1. The molecule has 2 rings (SSSR count). The molecular weight excluding hydrogens is 232 g/mol. The van der Waals surface area contributed by atoms with Crippen LogP contribution in [-0.4, -0.2) is 14.5 Å². The van der Waals surface area contributed by atoms with E-state index in [2.05, 4.69) is 33.0 Å². The Bertz CT molecular complexity index is 447. The summed E-state index contributed by atoms with van der Waals surface area (Å²) in [5.41, 5.74) is 2.92. The maximum atomic E-state index is 4.50. The van der Waals surface area contributed by atoms with Crippen molar-refractivity contribution in [1.82, 2.24) is 14.5 Å². The van der Waals surface area contributed by atoms with Crippen molar-refractivity contribution >= 4 is 17.3 Å². The second-order valence-electron chi connectivity index (χ2n) is 4.07. The Hall–Kier alpha value is -1.36. The lowest BCUT2D eigenvalue weighted by molar-refractivity contribution is 0.635. The summed E-state index contributed by atoms with van der Waals surface area (Å²) in [4.78, 5) is 9.79. The normalized spacial score (nSPS) is 10.7. The largest absolute Gasteiger partial charge is 0.351 e. The van der Waals surface area contributed by atoms with Crippen molar-refractivity contribution in [2.24, 2.45) is 0 Å². The highest BCUT2D eigenvalue weighted by molar-refractivity contribution is 7.09. The minimum atomic E-state index is 0.799. The van der Waals surface area contributed by atoms with Crippen LogP contribution in [-0.2, 0) is 13.1 Å². The number of imidazole rings is 1. The summed E-state index contributed by atoms with van der Waals surface area (Å²) < 4.78 is 2.19. The third kappa shape index (κ3) is 3.30. The van der Waals surface area contributed by atoms with E-state index in [0.29, 0.717) is 0 Å². The van der Waals surface area contributed by atoms with Gasteiger partial charge in [0.1, 0.15) is 0 Å². The predicted octanol–water partition coefficient (Wildman–Crippen LogP) is 3.06. The number of nitrogens with one attached hydrogen (secondary N) is 1. The summed E-state index contributed by atoms with van der Waals surface area (Å²) in [7, 11) is 0. The molecule has 0 atom stereocenters. The third-order valence-corrected chi connectivity index (χ3v) is 3.33. The number of anilines is 1. The van der Waals surface area contributed by atoms with Gasteiger partial charge < -0.3 is 9.88 Å². The third-order valence-electron chi connectivity index (χ3n) is 2.55. The van der Waals surface area contributed by atoms with Crippen LogP contribution in [0.3, 0.4) is 0 Å². The van der Waals surface area contributed by atoms with Gasteiger partial charge in [0.05, 0.1) is 17.7 Å². The van der Waals surface area contributed by atoms with E-state index in [4.69, 9.17) is 0 Å². The number of rotatable bonds is 6. The van der Waals surface area contributed by atoms with Gasteiger partial charge in [-0.3, -0.25) is 4.98 Å². The van der Waals surface area contributed by atoms with E-state index in [1.807, 2.05) is 18.6 Å². The van der Waals surface area contributed by atoms with Crippen LogP contribution >= 0.6 is 11.3 Å². The Kier molecular flexibility index (Phi) is 4.14. The average molecular weight is 250 g/mol. The summed E-state index contributed by atoms with van der Waals surface area (Å²) in [6.45, 7) is 6.06. The number of hydrogen-bond acceptors (Lipinski definition) is 4. The van der Waals surface area contributed by atoms with Crippen molar-refractivity contribution in [3.63, 3.8) is 0 Å². The van der Waals surface area contributed by atoms with Gasteiger partial charge in [-0.2, -0.15) is 0 Å². The number of aromatic nitrogens is 3. The molecule has 0 bridgehead atoms. The molecule has 0 radical (unpaired) electrons. The predicted molar refractivity (Wildman–Crippen MR) is 71.3 cm³/mol.